The van der Waals surface area contributed by atoms with E-state index in [-0.39, 0.29) is 41.4 Å². The SMILES string of the molecule is N#Cc1ccc(OCc2cc(OC3CCN(Cc4nc5ccc(C(=O)O)nc5n4C[C@@H]4CCO4)CC3)ccc2F)c(F)c1. The Balaban J connectivity index is 1.07. The molecule has 0 saturated carbocycles. The quantitative estimate of drug-likeness (QED) is 0.281. The fourth-order valence-corrected chi connectivity index (χ4v) is 5.27. The van der Waals surface area contributed by atoms with Crippen LogP contribution in [0.3, 0.4) is 0 Å². The second-order valence-electron chi connectivity index (χ2n) is 10.7. The number of benzene rings is 2. The van der Waals surface area contributed by atoms with Crippen molar-refractivity contribution < 1.29 is 32.9 Å². The normalized spacial score (nSPS) is 17.4. The lowest BCUT2D eigenvalue weighted by Crippen LogP contribution is -2.39. The second kappa shape index (κ2) is 12.3. The number of aromatic nitrogens is 3. The Hall–Kier alpha value is -4.60. The topological polar surface area (TPSA) is 123 Å². The van der Waals surface area contributed by atoms with Crippen LogP contribution in [0, 0.1) is 23.0 Å². The average molecular weight is 590 g/mol. The number of pyridine rings is 1. The molecule has 0 spiro atoms. The molecule has 4 heterocycles. The van der Waals surface area contributed by atoms with E-state index in [2.05, 4.69) is 9.88 Å². The van der Waals surface area contributed by atoms with Crippen molar-refractivity contribution >= 4 is 17.1 Å². The molecule has 10 nitrogen and oxygen atoms in total. The van der Waals surface area contributed by atoms with E-state index in [0.717, 1.165) is 44.2 Å². The first-order valence-corrected chi connectivity index (χ1v) is 14.1. The molecule has 2 fully saturated rings. The molecular weight excluding hydrogens is 560 g/mol. The monoisotopic (exact) mass is 589 g/mol. The van der Waals surface area contributed by atoms with Gasteiger partial charge < -0.3 is 23.9 Å². The average Bonchev–Trinajstić information content (AvgIpc) is 3.32. The smallest absolute Gasteiger partial charge is 0.354 e. The summed E-state index contributed by atoms with van der Waals surface area (Å²) in [6.07, 6.45) is 2.40. The third-order valence-electron chi connectivity index (χ3n) is 7.73. The fourth-order valence-electron chi connectivity index (χ4n) is 5.27. The van der Waals surface area contributed by atoms with Gasteiger partial charge in [-0.05, 0) is 67.8 Å². The highest BCUT2D eigenvalue weighted by Gasteiger charge is 2.26. The number of ether oxygens (including phenoxy) is 3. The zero-order valence-corrected chi connectivity index (χ0v) is 23.2. The first-order valence-electron chi connectivity index (χ1n) is 14.1. The number of carboxylic acids is 1. The molecule has 0 unspecified atom stereocenters. The number of imidazole rings is 1. The molecule has 2 saturated heterocycles. The minimum absolute atomic E-state index is 0.0235. The summed E-state index contributed by atoms with van der Waals surface area (Å²) in [7, 11) is 0. The minimum atomic E-state index is -1.08. The molecule has 0 amide bonds. The summed E-state index contributed by atoms with van der Waals surface area (Å²) < 4.78 is 47.9. The number of aromatic carboxylic acids is 1. The van der Waals surface area contributed by atoms with Crippen LogP contribution < -0.4 is 9.47 Å². The Bertz CT molecular complexity index is 1690. The number of hydrogen-bond donors (Lipinski definition) is 1. The Kier molecular flexibility index (Phi) is 8.18. The predicted molar refractivity (Wildman–Crippen MR) is 150 cm³/mol. The van der Waals surface area contributed by atoms with E-state index in [9.17, 15) is 18.7 Å². The van der Waals surface area contributed by atoms with Crippen molar-refractivity contribution in [3.63, 3.8) is 0 Å². The van der Waals surface area contributed by atoms with E-state index >= 15 is 0 Å². The van der Waals surface area contributed by atoms with Crippen molar-refractivity contribution in [2.75, 3.05) is 19.7 Å². The van der Waals surface area contributed by atoms with Gasteiger partial charge in [0.25, 0.3) is 0 Å². The Labute approximate surface area is 246 Å². The minimum Gasteiger partial charge on any atom is -0.490 e. The van der Waals surface area contributed by atoms with Gasteiger partial charge in [-0.1, -0.05) is 0 Å². The van der Waals surface area contributed by atoms with Crippen LogP contribution in [-0.2, 0) is 24.4 Å². The summed E-state index contributed by atoms with van der Waals surface area (Å²) in [4.78, 5) is 22.9. The molecule has 43 heavy (non-hydrogen) atoms. The van der Waals surface area contributed by atoms with E-state index in [0.29, 0.717) is 36.6 Å². The van der Waals surface area contributed by atoms with Crippen LogP contribution >= 0.6 is 0 Å². The summed E-state index contributed by atoms with van der Waals surface area (Å²) in [6.45, 7) is 3.15. The standard InChI is InChI=1S/C31H29F2N5O5/c32-24-3-2-22(14-20(24)18-42-28-6-1-19(15-34)13-25(28)33)43-21-7-10-37(11-8-21)17-29-35-26-4-5-27(31(39)40)36-30(26)38(29)16-23-9-12-41-23/h1-6,13-14,21,23H,7-12,16-18H2,(H,39,40)/t23-/m0/s1. The highest BCUT2D eigenvalue weighted by atomic mass is 19.1. The maximum atomic E-state index is 14.5. The number of nitriles is 1. The van der Waals surface area contributed by atoms with Gasteiger partial charge >= 0.3 is 5.97 Å². The van der Waals surface area contributed by atoms with Crippen LogP contribution in [0.15, 0.2) is 48.5 Å². The van der Waals surface area contributed by atoms with Crippen molar-refractivity contribution in [2.45, 2.75) is 51.2 Å². The molecule has 4 aromatic rings. The van der Waals surface area contributed by atoms with Gasteiger partial charge in [-0.3, -0.25) is 4.90 Å². The molecular formula is C31H29F2N5O5. The fraction of sp³-hybridized carbons (Fsp3) is 0.355. The molecule has 12 heteroatoms. The highest BCUT2D eigenvalue weighted by Crippen LogP contribution is 2.26. The summed E-state index contributed by atoms with van der Waals surface area (Å²) in [6, 6.07) is 13.3. The lowest BCUT2D eigenvalue weighted by molar-refractivity contribution is -0.0593. The molecule has 222 valence electrons. The van der Waals surface area contributed by atoms with Crippen molar-refractivity contribution in [1.29, 1.82) is 5.26 Å². The largest absolute Gasteiger partial charge is 0.490 e. The number of carboxylic acid groups (broad SMARTS) is 1. The lowest BCUT2D eigenvalue weighted by Gasteiger charge is -2.32. The summed E-state index contributed by atoms with van der Waals surface area (Å²) in [5, 5.41) is 18.3. The van der Waals surface area contributed by atoms with E-state index in [1.54, 1.807) is 18.2 Å². The molecule has 2 aliphatic rings. The first kappa shape index (κ1) is 28.5. The van der Waals surface area contributed by atoms with Crippen molar-refractivity contribution in [3.05, 3.63) is 82.8 Å². The van der Waals surface area contributed by atoms with Crippen molar-refractivity contribution in [2.24, 2.45) is 0 Å². The Morgan fingerprint density at radius 2 is 1.88 bits per heavy atom. The van der Waals surface area contributed by atoms with Gasteiger partial charge in [0.05, 0.1) is 30.8 Å². The highest BCUT2D eigenvalue weighted by molar-refractivity contribution is 5.88. The summed E-state index contributed by atoms with van der Waals surface area (Å²) >= 11 is 0. The number of carbonyl (C=O) groups is 1. The maximum absolute atomic E-state index is 14.5. The molecule has 0 bridgehead atoms. The van der Waals surface area contributed by atoms with Crippen LogP contribution in [-0.4, -0.2) is 62.4 Å². The van der Waals surface area contributed by atoms with Gasteiger partial charge in [-0.2, -0.15) is 5.26 Å². The third kappa shape index (κ3) is 6.43. The number of nitrogens with zero attached hydrogens (tertiary/aromatic N) is 5. The molecule has 1 atom stereocenters. The molecule has 0 aliphatic carbocycles. The zero-order valence-electron chi connectivity index (χ0n) is 23.2. The second-order valence-corrected chi connectivity index (χ2v) is 10.7. The van der Waals surface area contributed by atoms with Crippen LogP contribution in [0.5, 0.6) is 11.5 Å². The number of hydrogen-bond acceptors (Lipinski definition) is 8. The van der Waals surface area contributed by atoms with Crippen LogP contribution in [0.4, 0.5) is 8.78 Å². The molecule has 2 aromatic heterocycles. The van der Waals surface area contributed by atoms with Gasteiger partial charge in [-0.15, -0.1) is 0 Å². The molecule has 6 rings (SSSR count). The Morgan fingerprint density at radius 1 is 1.07 bits per heavy atom. The molecule has 2 aromatic carbocycles. The predicted octanol–water partition coefficient (Wildman–Crippen LogP) is 4.69. The Morgan fingerprint density at radius 3 is 2.58 bits per heavy atom. The van der Waals surface area contributed by atoms with Crippen molar-refractivity contribution in [3.8, 4) is 17.6 Å². The number of piperidine rings is 1. The van der Waals surface area contributed by atoms with Gasteiger partial charge in [-0.25, -0.2) is 23.5 Å². The molecule has 2 aliphatic heterocycles. The third-order valence-corrected chi connectivity index (χ3v) is 7.73. The van der Waals surface area contributed by atoms with E-state index in [1.165, 1.54) is 24.3 Å². The van der Waals surface area contributed by atoms with E-state index in [4.69, 9.17) is 24.5 Å². The van der Waals surface area contributed by atoms with Gasteiger partial charge in [0.2, 0.25) is 0 Å². The van der Waals surface area contributed by atoms with Gasteiger partial charge in [0, 0.05) is 25.3 Å². The maximum Gasteiger partial charge on any atom is 0.354 e. The van der Waals surface area contributed by atoms with Gasteiger partial charge in [0.1, 0.15) is 35.6 Å². The van der Waals surface area contributed by atoms with Crippen molar-refractivity contribution in [1.82, 2.24) is 19.4 Å². The molecule has 0 radical (unpaired) electrons. The van der Waals surface area contributed by atoms with E-state index < -0.39 is 17.6 Å². The van der Waals surface area contributed by atoms with E-state index in [1.807, 2.05) is 10.6 Å². The summed E-state index contributed by atoms with van der Waals surface area (Å²) in [5.41, 5.74) is 1.57. The number of likely N-dealkylation sites (tertiary alicyclic amines) is 1. The van der Waals surface area contributed by atoms with Crippen LogP contribution in [0.25, 0.3) is 11.2 Å². The molecule has 1 N–H and O–H groups in total. The van der Waals surface area contributed by atoms with Crippen LogP contribution in [0.2, 0.25) is 0 Å². The van der Waals surface area contributed by atoms with Gasteiger partial charge in [0.15, 0.2) is 22.9 Å². The number of rotatable bonds is 10. The summed E-state index contributed by atoms with van der Waals surface area (Å²) in [5.74, 6) is -1.02. The number of fused-ring (bicyclic) bond motifs is 1. The zero-order chi connectivity index (χ0) is 29.9. The lowest BCUT2D eigenvalue weighted by atomic mass is 10.1. The first-order chi connectivity index (χ1) is 20.9. The van der Waals surface area contributed by atoms with Crippen LogP contribution in [0.1, 0.15) is 46.7 Å². The number of halogens is 2.